The van der Waals surface area contributed by atoms with E-state index in [1.165, 1.54) is 7.11 Å². The predicted octanol–water partition coefficient (Wildman–Crippen LogP) is 3.50. The van der Waals surface area contributed by atoms with Crippen molar-refractivity contribution < 1.29 is 23.1 Å². The van der Waals surface area contributed by atoms with Crippen LogP contribution in [0.2, 0.25) is 0 Å². The zero-order chi connectivity index (χ0) is 17.4. The molecule has 3 rings (SSSR count). The Bertz CT molecular complexity index is 895. The Balaban J connectivity index is 2.11. The van der Waals surface area contributed by atoms with Gasteiger partial charge < -0.3 is 4.74 Å². The SMILES string of the molecule is COc1ccccc1C1=C(Cl)C(=O)N(c2ccc(F)cc2F)C1=O. The predicted molar refractivity (Wildman–Crippen MR) is 84.6 cm³/mol. The summed E-state index contributed by atoms with van der Waals surface area (Å²) in [5.74, 6) is -3.21. The second kappa shape index (κ2) is 6.05. The number of rotatable bonds is 3. The van der Waals surface area contributed by atoms with Gasteiger partial charge in [-0.05, 0) is 18.2 Å². The molecule has 4 nitrogen and oxygen atoms in total. The van der Waals surface area contributed by atoms with Crippen LogP contribution < -0.4 is 9.64 Å². The maximum absolute atomic E-state index is 14.0. The zero-order valence-electron chi connectivity index (χ0n) is 12.3. The average molecular weight is 350 g/mol. The van der Waals surface area contributed by atoms with Crippen molar-refractivity contribution in [3.63, 3.8) is 0 Å². The molecule has 7 heteroatoms. The van der Waals surface area contributed by atoms with E-state index in [2.05, 4.69) is 0 Å². The molecule has 0 saturated carbocycles. The van der Waals surface area contributed by atoms with Crippen LogP contribution in [0.1, 0.15) is 5.56 Å². The molecule has 122 valence electrons. The van der Waals surface area contributed by atoms with Crippen LogP contribution in [0.25, 0.3) is 5.57 Å². The average Bonchev–Trinajstić information content (AvgIpc) is 2.78. The van der Waals surface area contributed by atoms with Crippen LogP contribution in [0.3, 0.4) is 0 Å². The Morgan fingerprint density at radius 2 is 1.75 bits per heavy atom. The number of para-hydroxylation sites is 1. The van der Waals surface area contributed by atoms with Crippen molar-refractivity contribution in [1.82, 2.24) is 0 Å². The van der Waals surface area contributed by atoms with Crippen LogP contribution in [0.15, 0.2) is 47.5 Å². The number of imide groups is 1. The molecule has 0 N–H and O–H groups in total. The standard InChI is InChI=1S/C17H10ClF2NO3/c1-24-13-5-3-2-4-10(13)14-15(18)17(23)21(16(14)22)12-7-6-9(19)8-11(12)20/h2-8H,1H3. The van der Waals surface area contributed by atoms with E-state index >= 15 is 0 Å². The van der Waals surface area contributed by atoms with Crippen molar-refractivity contribution in [3.05, 3.63) is 64.7 Å². The summed E-state index contributed by atoms with van der Waals surface area (Å²) >= 11 is 6.03. The van der Waals surface area contributed by atoms with Gasteiger partial charge in [0.05, 0.1) is 18.4 Å². The molecule has 0 bridgehead atoms. The summed E-state index contributed by atoms with van der Waals surface area (Å²) in [6.07, 6.45) is 0. The quantitative estimate of drug-likeness (QED) is 0.797. The lowest BCUT2D eigenvalue weighted by molar-refractivity contribution is -0.119. The molecule has 0 saturated heterocycles. The van der Waals surface area contributed by atoms with Gasteiger partial charge in [0.1, 0.15) is 22.4 Å². The second-order valence-corrected chi connectivity index (χ2v) is 5.31. The van der Waals surface area contributed by atoms with E-state index < -0.39 is 23.4 Å². The molecule has 2 aromatic carbocycles. The maximum Gasteiger partial charge on any atom is 0.277 e. The number of carbonyl (C=O) groups excluding carboxylic acids is 2. The summed E-state index contributed by atoms with van der Waals surface area (Å²) < 4.78 is 32.2. The van der Waals surface area contributed by atoms with Gasteiger partial charge in [-0.3, -0.25) is 9.59 Å². The van der Waals surface area contributed by atoms with Crippen molar-refractivity contribution in [3.8, 4) is 5.75 Å². The number of nitrogens with zero attached hydrogens (tertiary/aromatic N) is 1. The van der Waals surface area contributed by atoms with Crippen LogP contribution in [0.5, 0.6) is 5.75 Å². The Morgan fingerprint density at radius 1 is 1.04 bits per heavy atom. The number of ether oxygens (including phenoxy) is 1. The van der Waals surface area contributed by atoms with E-state index in [0.29, 0.717) is 22.3 Å². The molecule has 24 heavy (non-hydrogen) atoms. The number of hydrogen-bond donors (Lipinski definition) is 0. The van der Waals surface area contributed by atoms with E-state index in [4.69, 9.17) is 16.3 Å². The summed E-state index contributed by atoms with van der Waals surface area (Å²) in [4.78, 5) is 25.6. The number of methoxy groups -OCH3 is 1. The normalized spacial score (nSPS) is 14.6. The number of hydrogen-bond acceptors (Lipinski definition) is 3. The zero-order valence-corrected chi connectivity index (χ0v) is 13.1. The first-order valence-electron chi connectivity index (χ1n) is 6.82. The number of halogens is 3. The monoisotopic (exact) mass is 349 g/mol. The van der Waals surface area contributed by atoms with E-state index in [1.54, 1.807) is 24.3 Å². The van der Waals surface area contributed by atoms with Gasteiger partial charge in [0.25, 0.3) is 11.8 Å². The second-order valence-electron chi connectivity index (χ2n) is 4.93. The third kappa shape index (κ3) is 2.45. The smallest absolute Gasteiger partial charge is 0.277 e. The molecule has 0 radical (unpaired) electrons. The molecule has 0 fully saturated rings. The van der Waals surface area contributed by atoms with Gasteiger partial charge in [-0.25, -0.2) is 13.7 Å². The highest BCUT2D eigenvalue weighted by Crippen LogP contribution is 2.38. The minimum absolute atomic E-state index is 0.0946. The largest absolute Gasteiger partial charge is 0.496 e. The lowest BCUT2D eigenvalue weighted by atomic mass is 10.0. The molecule has 2 aromatic rings. The van der Waals surface area contributed by atoms with Crippen LogP contribution in [-0.2, 0) is 9.59 Å². The highest BCUT2D eigenvalue weighted by atomic mass is 35.5. The van der Waals surface area contributed by atoms with E-state index in [0.717, 1.165) is 12.1 Å². The molecule has 0 aliphatic carbocycles. The summed E-state index contributed by atoms with van der Waals surface area (Å²) in [5.41, 5.74) is -0.148. The molecule has 0 unspecified atom stereocenters. The lowest BCUT2D eigenvalue weighted by Crippen LogP contribution is -2.32. The lowest BCUT2D eigenvalue weighted by Gasteiger charge is -2.16. The molecular weight excluding hydrogens is 340 g/mol. The van der Waals surface area contributed by atoms with Gasteiger partial charge in [0.15, 0.2) is 0 Å². The van der Waals surface area contributed by atoms with Crippen LogP contribution in [0, 0.1) is 11.6 Å². The Hall–Kier alpha value is -2.73. The van der Waals surface area contributed by atoms with Crippen molar-refractivity contribution >= 4 is 34.7 Å². The van der Waals surface area contributed by atoms with Crippen LogP contribution in [-0.4, -0.2) is 18.9 Å². The molecule has 1 aliphatic rings. The Morgan fingerprint density at radius 3 is 2.42 bits per heavy atom. The number of benzene rings is 2. The first kappa shape index (κ1) is 16.1. The third-order valence-corrected chi connectivity index (χ3v) is 3.90. The van der Waals surface area contributed by atoms with E-state index in [-0.39, 0.29) is 16.3 Å². The summed E-state index contributed by atoms with van der Waals surface area (Å²) in [7, 11) is 1.41. The molecule has 0 atom stereocenters. The van der Waals surface area contributed by atoms with E-state index in [9.17, 15) is 18.4 Å². The molecule has 1 aliphatic heterocycles. The van der Waals surface area contributed by atoms with E-state index in [1.807, 2.05) is 0 Å². The minimum Gasteiger partial charge on any atom is -0.496 e. The number of amides is 2. The fraction of sp³-hybridized carbons (Fsp3) is 0.0588. The van der Waals surface area contributed by atoms with Crippen LogP contribution >= 0.6 is 11.6 Å². The van der Waals surface area contributed by atoms with Crippen molar-refractivity contribution in [1.29, 1.82) is 0 Å². The van der Waals surface area contributed by atoms with Crippen molar-refractivity contribution in [2.75, 3.05) is 12.0 Å². The Labute approximate surface area is 140 Å². The van der Waals surface area contributed by atoms with Gasteiger partial charge in [-0.1, -0.05) is 29.8 Å². The maximum atomic E-state index is 14.0. The fourth-order valence-corrected chi connectivity index (χ4v) is 2.74. The van der Waals surface area contributed by atoms with Gasteiger partial charge in [-0.2, -0.15) is 0 Å². The molecule has 1 heterocycles. The number of carbonyl (C=O) groups is 2. The highest BCUT2D eigenvalue weighted by molar-refractivity contribution is 6.60. The number of anilines is 1. The fourth-order valence-electron chi connectivity index (χ4n) is 2.47. The Kier molecular flexibility index (Phi) is 4.07. The van der Waals surface area contributed by atoms with Gasteiger partial charge in [-0.15, -0.1) is 0 Å². The summed E-state index contributed by atoms with van der Waals surface area (Å²) in [6, 6.07) is 9.05. The summed E-state index contributed by atoms with van der Waals surface area (Å²) in [6.45, 7) is 0. The van der Waals surface area contributed by atoms with Crippen molar-refractivity contribution in [2.45, 2.75) is 0 Å². The first-order chi connectivity index (χ1) is 11.5. The van der Waals surface area contributed by atoms with Gasteiger partial charge in [0.2, 0.25) is 0 Å². The highest BCUT2D eigenvalue weighted by Gasteiger charge is 2.41. The van der Waals surface area contributed by atoms with Crippen LogP contribution in [0.4, 0.5) is 14.5 Å². The molecule has 2 amide bonds. The topological polar surface area (TPSA) is 46.6 Å². The van der Waals surface area contributed by atoms with Gasteiger partial charge in [0, 0.05) is 11.6 Å². The third-order valence-electron chi connectivity index (χ3n) is 3.55. The minimum atomic E-state index is -1.04. The molecule has 0 aromatic heterocycles. The van der Waals surface area contributed by atoms with Gasteiger partial charge >= 0.3 is 0 Å². The summed E-state index contributed by atoms with van der Waals surface area (Å²) in [5, 5.41) is -0.353. The molecule has 0 spiro atoms. The first-order valence-corrected chi connectivity index (χ1v) is 7.20. The van der Waals surface area contributed by atoms with Crippen molar-refractivity contribution in [2.24, 2.45) is 0 Å². The molecular formula is C17H10ClF2NO3.